The van der Waals surface area contributed by atoms with Crippen molar-refractivity contribution in [3.05, 3.63) is 93.5 Å². The summed E-state index contributed by atoms with van der Waals surface area (Å²) in [6.45, 7) is 8.61. The maximum absolute atomic E-state index is 14.1. The molecule has 3 aromatic carbocycles. The van der Waals surface area contributed by atoms with Crippen molar-refractivity contribution in [1.82, 2.24) is 10.2 Å². The molecule has 0 unspecified atom stereocenters. The molecule has 3 rings (SSSR count). The molecule has 0 bridgehead atoms. The second kappa shape index (κ2) is 14.2. The van der Waals surface area contributed by atoms with E-state index in [2.05, 4.69) is 5.32 Å². The van der Waals surface area contributed by atoms with Crippen LogP contribution in [0.25, 0.3) is 0 Å². The smallest absolute Gasteiger partial charge is 0.264 e. The maximum atomic E-state index is 14.1. The molecule has 3 aromatic rings. The van der Waals surface area contributed by atoms with Crippen molar-refractivity contribution in [1.29, 1.82) is 0 Å². The Morgan fingerprint density at radius 3 is 2.10 bits per heavy atom. The van der Waals surface area contributed by atoms with Gasteiger partial charge in [0, 0.05) is 28.2 Å². The Balaban J connectivity index is 2.10. The fourth-order valence-corrected chi connectivity index (χ4v) is 6.27. The number of nitrogens with zero attached hydrogens (tertiary/aromatic N) is 2. The summed E-state index contributed by atoms with van der Waals surface area (Å²) in [5, 5.41) is 3.59. The Morgan fingerprint density at radius 2 is 1.51 bits per heavy atom. The zero-order chi connectivity index (χ0) is 30.3. The first-order valence-electron chi connectivity index (χ1n) is 13.6. The average molecular weight is 619 g/mol. The summed E-state index contributed by atoms with van der Waals surface area (Å²) < 4.78 is 29.2. The van der Waals surface area contributed by atoms with Crippen LogP contribution >= 0.6 is 23.2 Å². The number of hydrogen-bond acceptors (Lipinski definition) is 4. The van der Waals surface area contributed by atoms with E-state index in [0.29, 0.717) is 34.1 Å². The summed E-state index contributed by atoms with van der Waals surface area (Å²) in [6.07, 6.45) is 1.26. The lowest BCUT2D eigenvalue weighted by Gasteiger charge is -2.33. The lowest BCUT2D eigenvalue weighted by molar-refractivity contribution is -0.139. The number of benzene rings is 3. The summed E-state index contributed by atoms with van der Waals surface area (Å²) in [5.41, 5.74) is 2.54. The van der Waals surface area contributed by atoms with Crippen LogP contribution in [-0.4, -0.2) is 43.8 Å². The molecule has 0 saturated heterocycles. The van der Waals surface area contributed by atoms with Crippen molar-refractivity contribution >= 4 is 50.7 Å². The molecule has 0 aromatic heterocycles. The molecule has 0 radical (unpaired) electrons. The zero-order valence-electron chi connectivity index (χ0n) is 24.0. The van der Waals surface area contributed by atoms with Gasteiger partial charge in [0.25, 0.3) is 10.0 Å². The number of carbonyl (C=O) groups excluding carboxylic acids is 2. The van der Waals surface area contributed by atoms with Gasteiger partial charge in [-0.1, -0.05) is 79.0 Å². The number of hydrogen-bond donors (Lipinski definition) is 1. The number of nitrogens with one attached hydrogen (secondary N) is 1. The first-order chi connectivity index (χ1) is 19.4. The van der Waals surface area contributed by atoms with Crippen molar-refractivity contribution in [2.75, 3.05) is 10.8 Å². The minimum absolute atomic E-state index is 0.0602. The standard InChI is InChI=1S/C31H37Cl2N3O4S/c1-6-22(4)34-31(38)23(5)35(19-26-27(32)12-10-13-28(26)33)30(37)20-36(29-14-9-8-11-24(29)7-2)41(39,40)25-17-15-21(3)16-18-25/h8-18,22-23H,6-7,19-20H2,1-5H3,(H,34,38)/t22-,23+/m0/s1. The largest absolute Gasteiger partial charge is 0.352 e. The molecule has 0 spiro atoms. The molecule has 10 heteroatoms. The Morgan fingerprint density at radius 1 is 0.902 bits per heavy atom. The average Bonchev–Trinajstić information content (AvgIpc) is 2.95. The molecule has 0 aliphatic rings. The third-order valence-corrected chi connectivity index (χ3v) is 9.57. The van der Waals surface area contributed by atoms with E-state index in [1.807, 2.05) is 39.8 Å². The number of amides is 2. The van der Waals surface area contributed by atoms with E-state index >= 15 is 0 Å². The highest BCUT2D eigenvalue weighted by Crippen LogP contribution is 2.30. The molecule has 0 aliphatic heterocycles. The Labute approximate surface area is 253 Å². The van der Waals surface area contributed by atoms with E-state index in [4.69, 9.17) is 23.2 Å². The number of carbonyl (C=O) groups is 2. The summed E-state index contributed by atoms with van der Waals surface area (Å²) in [5.74, 6) is -0.938. The van der Waals surface area contributed by atoms with Gasteiger partial charge in [0.1, 0.15) is 12.6 Å². The summed E-state index contributed by atoms with van der Waals surface area (Å²) >= 11 is 12.9. The van der Waals surface area contributed by atoms with Gasteiger partial charge in [-0.2, -0.15) is 0 Å². The molecule has 2 amide bonds. The van der Waals surface area contributed by atoms with Crippen LogP contribution in [0.1, 0.15) is 50.8 Å². The molecule has 0 saturated carbocycles. The number of halogens is 2. The van der Waals surface area contributed by atoms with Gasteiger partial charge in [-0.15, -0.1) is 0 Å². The fraction of sp³-hybridized carbons (Fsp3) is 0.355. The molecule has 0 fully saturated rings. The number of para-hydroxylation sites is 1. The van der Waals surface area contributed by atoms with Crippen LogP contribution in [0.3, 0.4) is 0 Å². The van der Waals surface area contributed by atoms with Crippen molar-refractivity contribution in [2.24, 2.45) is 0 Å². The first-order valence-corrected chi connectivity index (χ1v) is 15.8. The van der Waals surface area contributed by atoms with Crippen molar-refractivity contribution in [3.63, 3.8) is 0 Å². The monoisotopic (exact) mass is 617 g/mol. The van der Waals surface area contributed by atoms with Crippen LogP contribution in [0.5, 0.6) is 0 Å². The van der Waals surface area contributed by atoms with E-state index in [-0.39, 0.29) is 23.4 Å². The summed E-state index contributed by atoms with van der Waals surface area (Å²) in [4.78, 5) is 28.8. The van der Waals surface area contributed by atoms with Gasteiger partial charge in [-0.25, -0.2) is 8.42 Å². The second-order valence-corrected chi connectivity index (χ2v) is 12.7. The quantitative estimate of drug-likeness (QED) is 0.255. The van der Waals surface area contributed by atoms with Crippen LogP contribution in [0, 0.1) is 6.92 Å². The number of sulfonamides is 1. The molecule has 2 atom stereocenters. The van der Waals surface area contributed by atoms with Gasteiger partial charge in [0.15, 0.2) is 0 Å². The number of rotatable bonds is 12. The third kappa shape index (κ3) is 7.82. The summed E-state index contributed by atoms with van der Waals surface area (Å²) in [7, 11) is -4.16. The van der Waals surface area contributed by atoms with Crippen LogP contribution < -0.4 is 9.62 Å². The van der Waals surface area contributed by atoms with Crippen molar-refractivity contribution < 1.29 is 18.0 Å². The molecule has 1 N–H and O–H groups in total. The zero-order valence-corrected chi connectivity index (χ0v) is 26.4. The number of anilines is 1. The van der Waals surface area contributed by atoms with E-state index in [9.17, 15) is 18.0 Å². The minimum atomic E-state index is -4.16. The predicted molar refractivity (Wildman–Crippen MR) is 166 cm³/mol. The Hall–Kier alpha value is -3.07. The highest BCUT2D eigenvalue weighted by molar-refractivity contribution is 7.92. The van der Waals surface area contributed by atoms with Crippen LogP contribution in [0.2, 0.25) is 10.0 Å². The van der Waals surface area contributed by atoms with Gasteiger partial charge in [0.05, 0.1) is 10.6 Å². The van der Waals surface area contributed by atoms with Gasteiger partial charge in [0.2, 0.25) is 11.8 Å². The second-order valence-electron chi connectivity index (χ2n) is 10.0. The van der Waals surface area contributed by atoms with E-state index in [0.717, 1.165) is 15.4 Å². The molecular formula is C31H37Cl2N3O4S. The van der Waals surface area contributed by atoms with Crippen molar-refractivity contribution in [3.8, 4) is 0 Å². The van der Waals surface area contributed by atoms with Crippen molar-refractivity contribution in [2.45, 2.75) is 71.0 Å². The SMILES string of the molecule is CCc1ccccc1N(CC(=O)N(Cc1c(Cl)cccc1Cl)[C@H](C)C(=O)N[C@@H](C)CC)S(=O)(=O)c1ccc(C)cc1. The lowest BCUT2D eigenvalue weighted by atomic mass is 10.1. The fourth-order valence-electron chi connectivity index (χ4n) is 4.31. The predicted octanol–water partition coefficient (Wildman–Crippen LogP) is 6.39. The van der Waals surface area contributed by atoms with Crippen LogP contribution in [0.4, 0.5) is 5.69 Å². The highest BCUT2D eigenvalue weighted by atomic mass is 35.5. The van der Waals surface area contributed by atoms with Gasteiger partial charge >= 0.3 is 0 Å². The first kappa shape index (κ1) is 32.4. The van der Waals surface area contributed by atoms with Crippen LogP contribution in [-0.2, 0) is 32.6 Å². The molecular weight excluding hydrogens is 581 g/mol. The maximum Gasteiger partial charge on any atom is 0.264 e. The summed E-state index contributed by atoms with van der Waals surface area (Å²) in [6, 6.07) is 17.5. The molecule has 0 heterocycles. The topological polar surface area (TPSA) is 86.8 Å². The third-order valence-electron chi connectivity index (χ3n) is 7.09. The van der Waals surface area contributed by atoms with E-state index < -0.39 is 28.5 Å². The number of aryl methyl sites for hydroxylation is 2. The molecule has 0 aliphatic carbocycles. The molecule has 41 heavy (non-hydrogen) atoms. The van der Waals surface area contributed by atoms with E-state index in [1.54, 1.807) is 49.4 Å². The lowest BCUT2D eigenvalue weighted by Crippen LogP contribution is -2.52. The normalized spacial score (nSPS) is 12.9. The van der Waals surface area contributed by atoms with E-state index in [1.165, 1.54) is 17.0 Å². The molecule has 220 valence electrons. The Bertz CT molecular complexity index is 1460. The van der Waals surface area contributed by atoms with Gasteiger partial charge in [-0.3, -0.25) is 13.9 Å². The van der Waals surface area contributed by atoms with Gasteiger partial charge in [-0.05, 0) is 69.5 Å². The highest BCUT2D eigenvalue weighted by Gasteiger charge is 2.34. The Kier molecular flexibility index (Phi) is 11.2. The minimum Gasteiger partial charge on any atom is -0.352 e. The van der Waals surface area contributed by atoms with Crippen LogP contribution in [0.15, 0.2) is 71.6 Å². The van der Waals surface area contributed by atoms with Gasteiger partial charge < -0.3 is 10.2 Å². The molecule has 7 nitrogen and oxygen atoms in total.